The number of aromatic nitrogens is 1. The van der Waals surface area contributed by atoms with Gasteiger partial charge in [0.05, 0.1) is 22.0 Å². The Balaban J connectivity index is 1.46. The fourth-order valence-electron chi connectivity index (χ4n) is 3.17. The van der Waals surface area contributed by atoms with E-state index in [9.17, 15) is 18.0 Å². The number of anilines is 2. The van der Waals surface area contributed by atoms with E-state index in [-0.39, 0.29) is 23.8 Å². The Labute approximate surface area is 178 Å². The van der Waals surface area contributed by atoms with Crippen molar-refractivity contribution in [3.8, 4) is 17.1 Å². The van der Waals surface area contributed by atoms with Crippen LogP contribution in [0.2, 0.25) is 0 Å². The molecule has 1 aliphatic heterocycles. The minimum atomic E-state index is -3.81. The minimum Gasteiger partial charge on any atom is -0.482 e. The number of carbonyl (C=O) groups is 2. The normalized spacial score (nSPS) is 14.2. The number of ether oxygens (including phenoxy) is 1. The molecule has 1 unspecified atom stereocenters. The Hall–Kier alpha value is -3.66. The van der Waals surface area contributed by atoms with Gasteiger partial charge in [-0.15, -0.1) is 0 Å². The second-order valence-electron chi connectivity index (χ2n) is 7.06. The van der Waals surface area contributed by atoms with Gasteiger partial charge in [0.25, 0.3) is 5.91 Å². The zero-order valence-corrected chi connectivity index (χ0v) is 17.3. The number of rotatable bonds is 6. The van der Waals surface area contributed by atoms with Crippen LogP contribution in [0.15, 0.2) is 64.1 Å². The van der Waals surface area contributed by atoms with Crippen molar-refractivity contribution >= 4 is 33.0 Å². The van der Waals surface area contributed by atoms with Crippen LogP contribution in [0.4, 0.5) is 11.4 Å². The number of carbonyl (C=O) groups excluding carboxylic acids is 2. The van der Waals surface area contributed by atoms with E-state index >= 15 is 0 Å². The largest absolute Gasteiger partial charge is 0.482 e. The number of hydrogen-bond acceptors (Lipinski definition) is 7. The predicted octanol–water partition coefficient (Wildman–Crippen LogP) is 2.86. The molecular weight excluding hydrogens is 422 g/mol. The lowest BCUT2D eigenvalue weighted by atomic mass is 10.1. The maximum Gasteiger partial charge on any atom is 0.262 e. The Kier molecular flexibility index (Phi) is 5.47. The van der Waals surface area contributed by atoms with Gasteiger partial charge >= 0.3 is 0 Å². The first kappa shape index (κ1) is 20.6. The van der Waals surface area contributed by atoms with Gasteiger partial charge in [-0.3, -0.25) is 9.59 Å². The number of sulfone groups is 1. The van der Waals surface area contributed by atoms with Crippen LogP contribution in [0.1, 0.15) is 13.3 Å². The number of nitrogens with zero attached hydrogens (tertiary/aromatic N) is 1. The molecule has 10 heteroatoms. The monoisotopic (exact) mass is 441 g/mol. The lowest BCUT2D eigenvalue weighted by Crippen LogP contribution is -2.27. The van der Waals surface area contributed by atoms with Crippen LogP contribution in [0, 0.1) is 0 Å². The summed E-state index contributed by atoms with van der Waals surface area (Å²) >= 11 is 0. The lowest BCUT2D eigenvalue weighted by molar-refractivity contribution is -0.118. The van der Waals surface area contributed by atoms with Gasteiger partial charge in [0.15, 0.2) is 22.2 Å². The van der Waals surface area contributed by atoms with Crippen molar-refractivity contribution in [2.24, 2.45) is 0 Å². The standard InChI is InChI=1S/C21H19N3O6S/c1-13(31(27,28)16-5-6-19-17(11-16)24-21(26)12-29-19)9-20(25)23-15-4-2-3-14(10-15)18-7-8-22-30-18/h2-8,10-11,13H,9,12H2,1H3,(H,23,25)(H,24,26). The topological polar surface area (TPSA) is 128 Å². The highest BCUT2D eigenvalue weighted by Crippen LogP contribution is 2.32. The van der Waals surface area contributed by atoms with Gasteiger partial charge in [-0.1, -0.05) is 17.3 Å². The number of nitrogens with one attached hydrogen (secondary N) is 2. The second-order valence-corrected chi connectivity index (χ2v) is 9.43. The van der Waals surface area contributed by atoms with Gasteiger partial charge in [-0.2, -0.15) is 0 Å². The summed E-state index contributed by atoms with van der Waals surface area (Å²) in [5, 5.41) is 7.97. The van der Waals surface area contributed by atoms with Crippen molar-refractivity contribution in [3.05, 3.63) is 54.7 Å². The predicted molar refractivity (Wildman–Crippen MR) is 112 cm³/mol. The van der Waals surface area contributed by atoms with Crippen molar-refractivity contribution in [3.63, 3.8) is 0 Å². The molecule has 3 aromatic rings. The molecule has 2 amide bonds. The van der Waals surface area contributed by atoms with E-state index < -0.39 is 21.0 Å². The highest BCUT2D eigenvalue weighted by molar-refractivity contribution is 7.92. The molecule has 0 aliphatic carbocycles. The van der Waals surface area contributed by atoms with Crippen LogP contribution in [0.5, 0.6) is 5.75 Å². The number of fused-ring (bicyclic) bond motifs is 1. The highest BCUT2D eigenvalue weighted by Gasteiger charge is 2.28. The zero-order valence-electron chi connectivity index (χ0n) is 16.5. The van der Waals surface area contributed by atoms with E-state index in [4.69, 9.17) is 9.26 Å². The average molecular weight is 441 g/mol. The Morgan fingerprint density at radius 1 is 1.23 bits per heavy atom. The van der Waals surface area contributed by atoms with E-state index in [0.717, 1.165) is 5.56 Å². The molecule has 0 spiro atoms. The Morgan fingerprint density at radius 2 is 2.06 bits per heavy atom. The molecule has 0 saturated carbocycles. The summed E-state index contributed by atoms with van der Waals surface area (Å²) in [4.78, 5) is 24.0. The van der Waals surface area contributed by atoms with E-state index in [1.807, 2.05) is 6.07 Å². The quantitative estimate of drug-likeness (QED) is 0.602. The maximum absolute atomic E-state index is 12.9. The van der Waals surface area contributed by atoms with E-state index in [2.05, 4.69) is 15.8 Å². The van der Waals surface area contributed by atoms with Gasteiger partial charge in [-0.25, -0.2) is 8.42 Å². The summed E-state index contributed by atoms with van der Waals surface area (Å²) in [7, 11) is -3.81. The molecule has 1 atom stereocenters. The fourth-order valence-corrected chi connectivity index (χ4v) is 4.54. The molecule has 1 aromatic heterocycles. The summed E-state index contributed by atoms with van der Waals surface area (Å²) in [6, 6.07) is 12.9. The van der Waals surface area contributed by atoms with Crippen molar-refractivity contribution < 1.29 is 27.3 Å². The molecular formula is C21H19N3O6S. The molecule has 0 bridgehead atoms. The molecule has 2 aromatic carbocycles. The van der Waals surface area contributed by atoms with Gasteiger partial charge in [0.1, 0.15) is 5.75 Å². The summed E-state index contributed by atoms with van der Waals surface area (Å²) in [6.45, 7) is 1.35. The first-order chi connectivity index (χ1) is 14.8. The third-order valence-electron chi connectivity index (χ3n) is 4.78. The van der Waals surface area contributed by atoms with Gasteiger partial charge < -0.3 is 19.9 Å². The molecule has 1 aliphatic rings. The SMILES string of the molecule is CC(CC(=O)Nc1cccc(-c2ccno2)c1)S(=O)(=O)c1ccc2c(c1)NC(=O)CO2. The van der Waals surface area contributed by atoms with Crippen molar-refractivity contribution in [1.82, 2.24) is 5.16 Å². The number of benzene rings is 2. The summed E-state index contributed by atoms with van der Waals surface area (Å²) < 4.78 is 36.2. The van der Waals surface area contributed by atoms with Gasteiger partial charge in [0.2, 0.25) is 5.91 Å². The number of hydrogen-bond donors (Lipinski definition) is 2. The van der Waals surface area contributed by atoms with Crippen LogP contribution in [-0.2, 0) is 19.4 Å². The minimum absolute atomic E-state index is 0.00432. The third kappa shape index (κ3) is 4.43. The smallest absolute Gasteiger partial charge is 0.262 e. The highest BCUT2D eigenvalue weighted by atomic mass is 32.2. The van der Waals surface area contributed by atoms with Gasteiger partial charge in [0, 0.05) is 23.7 Å². The maximum atomic E-state index is 12.9. The van der Waals surface area contributed by atoms with E-state index in [1.165, 1.54) is 31.3 Å². The molecule has 2 N–H and O–H groups in total. The van der Waals surface area contributed by atoms with Crippen LogP contribution >= 0.6 is 0 Å². The molecule has 9 nitrogen and oxygen atoms in total. The summed E-state index contributed by atoms with van der Waals surface area (Å²) in [6.07, 6.45) is 1.28. The van der Waals surface area contributed by atoms with Crippen molar-refractivity contribution in [2.45, 2.75) is 23.5 Å². The molecule has 2 heterocycles. The Morgan fingerprint density at radius 3 is 2.84 bits per heavy atom. The molecule has 0 fully saturated rings. The summed E-state index contributed by atoms with van der Waals surface area (Å²) in [5.41, 5.74) is 1.53. The lowest BCUT2D eigenvalue weighted by Gasteiger charge is -2.19. The van der Waals surface area contributed by atoms with Crippen LogP contribution in [0.3, 0.4) is 0 Å². The van der Waals surface area contributed by atoms with Gasteiger partial charge in [-0.05, 0) is 37.3 Å². The Bertz CT molecular complexity index is 1240. The summed E-state index contributed by atoms with van der Waals surface area (Å²) in [5.74, 6) is 0.147. The van der Waals surface area contributed by atoms with Crippen LogP contribution < -0.4 is 15.4 Å². The fraction of sp³-hybridized carbons (Fsp3) is 0.190. The first-order valence-electron chi connectivity index (χ1n) is 9.44. The molecule has 0 radical (unpaired) electrons. The van der Waals surface area contributed by atoms with E-state index in [1.54, 1.807) is 24.3 Å². The van der Waals surface area contributed by atoms with Crippen LogP contribution in [-0.4, -0.2) is 37.2 Å². The molecule has 4 rings (SSSR count). The van der Waals surface area contributed by atoms with E-state index in [0.29, 0.717) is 22.9 Å². The average Bonchev–Trinajstić information content (AvgIpc) is 3.28. The zero-order chi connectivity index (χ0) is 22.0. The molecule has 31 heavy (non-hydrogen) atoms. The van der Waals surface area contributed by atoms with Crippen molar-refractivity contribution in [2.75, 3.05) is 17.2 Å². The van der Waals surface area contributed by atoms with Crippen molar-refractivity contribution in [1.29, 1.82) is 0 Å². The van der Waals surface area contributed by atoms with Crippen LogP contribution in [0.25, 0.3) is 11.3 Å². The first-order valence-corrected chi connectivity index (χ1v) is 11.0. The third-order valence-corrected chi connectivity index (χ3v) is 6.92. The second kappa shape index (κ2) is 8.23. The molecule has 160 valence electrons. The molecule has 0 saturated heterocycles. The number of amides is 2.